The Morgan fingerprint density at radius 3 is 2.29 bits per heavy atom. The van der Waals surface area contributed by atoms with E-state index in [1.54, 1.807) is 17.0 Å². The van der Waals surface area contributed by atoms with Crippen molar-refractivity contribution in [2.45, 2.75) is 12.7 Å². The van der Waals surface area contributed by atoms with Gasteiger partial charge in [0.15, 0.2) is 0 Å². The van der Waals surface area contributed by atoms with Crippen LogP contribution in [0.5, 0.6) is 0 Å². The minimum Gasteiger partial charge on any atom is -0.475 e. The van der Waals surface area contributed by atoms with Gasteiger partial charge >= 0.3 is 12.1 Å². The van der Waals surface area contributed by atoms with Crippen LogP contribution in [0.4, 0.5) is 13.2 Å². The molecule has 1 saturated heterocycles. The molecule has 1 aromatic carbocycles. The Bertz CT molecular complexity index is 1060. The summed E-state index contributed by atoms with van der Waals surface area (Å²) in [5.74, 6) is -3.04. The molecule has 0 spiro atoms. The number of benzene rings is 1. The lowest BCUT2D eigenvalue weighted by Gasteiger charge is -2.28. The molecule has 0 aliphatic carbocycles. The van der Waals surface area contributed by atoms with E-state index in [4.69, 9.17) is 21.5 Å². The van der Waals surface area contributed by atoms with Gasteiger partial charge in [0.25, 0.3) is 5.91 Å². The van der Waals surface area contributed by atoms with E-state index in [-0.39, 0.29) is 24.7 Å². The maximum Gasteiger partial charge on any atom is 0.490 e. The molecule has 2 heterocycles. The summed E-state index contributed by atoms with van der Waals surface area (Å²) in [5, 5.41) is 12.7. The standard InChI is InChI=1S/C18H22ClN3O3S2.C2HF3O2/c19-16-5-2-1-4-15(16)14-21(18(23)17-6-3-12-26-17)11-13-27(24,25)22-9-7-20-8-10-22;3-2(4,5)1(6)7/h1-6,12,20H,7-11,13-14H2;(H,6,7). The minimum atomic E-state index is -5.08. The first-order chi connectivity index (χ1) is 15.9. The largest absolute Gasteiger partial charge is 0.490 e. The molecule has 8 nitrogen and oxygen atoms in total. The topological polar surface area (TPSA) is 107 Å². The van der Waals surface area contributed by atoms with Gasteiger partial charge in [-0.2, -0.15) is 17.5 Å². The zero-order valence-electron chi connectivity index (χ0n) is 17.8. The first-order valence-electron chi connectivity index (χ1n) is 9.96. The Balaban J connectivity index is 0.000000509. The van der Waals surface area contributed by atoms with Crippen LogP contribution >= 0.6 is 22.9 Å². The van der Waals surface area contributed by atoms with Gasteiger partial charge in [0.2, 0.25) is 10.0 Å². The molecule has 1 aliphatic rings. The summed E-state index contributed by atoms with van der Waals surface area (Å²) in [7, 11) is -3.41. The molecule has 34 heavy (non-hydrogen) atoms. The van der Waals surface area contributed by atoms with Crippen LogP contribution in [0.25, 0.3) is 0 Å². The number of nitrogens with one attached hydrogen (secondary N) is 1. The van der Waals surface area contributed by atoms with Gasteiger partial charge in [-0.1, -0.05) is 35.9 Å². The molecule has 0 radical (unpaired) electrons. The van der Waals surface area contributed by atoms with Crippen molar-refractivity contribution in [2.24, 2.45) is 0 Å². The number of piperazine rings is 1. The average Bonchev–Trinajstić information content (AvgIpc) is 3.33. The summed E-state index contributed by atoms with van der Waals surface area (Å²) >= 11 is 7.58. The van der Waals surface area contributed by atoms with Crippen molar-refractivity contribution < 1.29 is 36.3 Å². The van der Waals surface area contributed by atoms with Crippen LogP contribution in [-0.2, 0) is 21.4 Å². The van der Waals surface area contributed by atoms with E-state index in [1.165, 1.54) is 15.6 Å². The second-order valence-corrected chi connectivity index (χ2v) is 10.5. The predicted molar refractivity (Wildman–Crippen MR) is 122 cm³/mol. The van der Waals surface area contributed by atoms with Crippen molar-refractivity contribution in [3.05, 3.63) is 57.2 Å². The minimum absolute atomic E-state index is 0.103. The van der Waals surface area contributed by atoms with Crippen LogP contribution in [0.3, 0.4) is 0 Å². The van der Waals surface area contributed by atoms with Crippen LogP contribution in [0.15, 0.2) is 41.8 Å². The van der Waals surface area contributed by atoms with E-state index in [2.05, 4.69) is 5.32 Å². The zero-order valence-corrected chi connectivity index (χ0v) is 20.2. The molecular formula is C20H23ClF3N3O5S2. The maximum absolute atomic E-state index is 12.9. The van der Waals surface area contributed by atoms with E-state index < -0.39 is 22.2 Å². The van der Waals surface area contributed by atoms with Crippen molar-refractivity contribution >= 4 is 44.8 Å². The number of rotatable bonds is 7. The second kappa shape index (κ2) is 12.5. The normalized spacial score (nSPS) is 14.7. The first-order valence-corrected chi connectivity index (χ1v) is 12.8. The Hall–Kier alpha value is -2.19. The quantitative estimate of drug-likeness (QED) is 0.558. The zero-order chi connectivity index (χ0) is 25.4. The smallest absolute Gasteiger partial charge is 0.475 e. The molecule has 3 rings (SSSR count). The summed E-state index contributed by atoms with van der Waals surface area (Å²) in [6.07, 6.45) is -5.08. The number of amides is 1. The number of sulfonamides is 1. The van der Waals surface area contributed by atoms with E-state index in [9.17, 15) is 26.4 Å². The number of alkyl halides is 3. The Morgan fingerprint density at radius 2 is 1.76 bits per heavy atom. The molecule has 14 heteroatoms. The van der Waals surface area contributed by atoms with E-state index in [0.29, 0.717) is 36.1 Å². The van der Waals surface area contributed by atoms with Gasteiger partial charge < -0.3 is 15.3 Å². The van der Waals surface area contributed by atoms with Crippen molar-refractivity contribution in [3.8, 4) is 0 Å². The van der Waals surface area contributed by atoms with Gasteiger partial charge in [-0.15, -0.1) is 11.3 Å². The third kappa shape index (κ3) is 8.55. The van der Waals surface area contributed by atoms with Crippen LogP contribution < -0.4 is 5.32 Å². The number of carboxylic acid groups (broad SMARTS) is 1. The van der Waals surface area contributed by atoms with Crippen molar-refractivity contribution in [1.82, 2.24) is 14.5 Å². The number of hydrogen-bond acceptors (Lipinski definition) is 6. The molecular weight excluding hydrogens is 519 g/mol. The fourth-order valence-corrected chi connectivity index (χ4v) is 5.25. The number of carbonyl (C=O) groups is 2. The number of aliphatic carboxylic acids is 1. The van der Waals surface area contributed by atoms with Crippen LogP contribution in [-0.4, -0.2) is 79.3 Å². The molecule has 0 unspecified atom stereocenters. The molecule has 0 bridgehead atoms. The monoisotopic (exact) mass is 541 g/mol. The number of halogens is 4. The van der Waals surface area contributed by atoms with Crippen molar-refractivity contribution in [2.75, 3.05) is 38.5 Å². The molecule has 0 saturated carbocycles. The number of nitrogens with zero attached hydrogens (tertiary/aromatic N) is 2. The van der Waals surface area contributed by atoms with Gasteiger partial charge in [0.1, 0.15) is 0 Å². The lowest BCUT2D eigenvalue weighted by molar-refractivity contribution is -0.192. The third-order valence-electron chi connectivity index (χ3n) is 4.67. The number of hydrogen-bond donors (Lipinski definition) is 2. The number of carboxylic acids is 1. The highest BCUT2D eigenvalue weighted by Gasteiger charge is 2.38. The molecule has 1 amide bonds. The van der Waals surface area contributed by atoms with E-state index in [0.717, 1.165) is 5.56 Å². The number of thiophene rings is 1. The molecule has 188 valence electrons. The van der Waals surface area contributed by atoms with Gasteiger partial charge in [-0.05, 0) is 23.1 Å². The summed E-state index contributed by atoms with van der Waals surface area (Å²) in [4.78, 5) is 23.9. The van der Waals surface area contributed by atoms with Crippen molar-refractivity contribution in [3.63, 3.8) is 0 Å². The first kappa shape index (κ1) is 28.1. The molecule has 2 N–H and O–H groups in total. The van der Waals surface area contributed by atoms with Gasteiger partial charge in [-0.3, -0.25) is 4.79 Å². The lowest BCUT2D eigenvalue weighted by Crippen LogP contribution is -2.48. The Kier molecular flexibility index (Phi) is 10.3. The van der Waals surface area contributed by atoms with Gasteiger partial charge in [0, 0.05) is 44.3 Å². The highest BCUT2D eigenvalue weighted by molar-refractivity contribution is 7.89. The molecule has 1 aliphatic heterocycles. The van der Waals surface area contributed by atoms with Crippen LogP contribution in [0.1, 0.15) is 15.2 Å². The third-order valence-corrected chi connectivity index (χ3v) is 7.75. The lowest BCUT2D eigenvalue weighted by atomic mass is 10.2. The van der Waals surface area contributed by atoms with Gasteiger partial charge in [0.05, 0.1) is 10.6 Å². The Morgan fingerprint density at radius 1 is 1.15 bits per heavy atom. The van der Waals surface area contributed by atoms with E-state index >= 15 is 0 Å². The SMILES string of the molecule is O=C(O)C(F)(F)F.O=C(c1cccs1)N(CCS(=O)(=O)N1CCNCC1)Cc1ccccc1Cl. The predicted octanol–water partition coefficient (Wildman–Crippen LogP) is 2.91. The summed E-state index contributed by atoms with van der Waals surface area (Å²) in [5.41, 5.74) is 0.795. The summed E-state index contributed by atoms with van der Waals surface area (Å²) < 4.78 is 58.5. The van der Waals surface area contributed by atoms with E-state index in [1.807, 2.05) is 29.6 Å². The molecule has 1 fully saturated rings. The molecule has 2 aromatic rings. The van der Waals surface area contributed by atoms with Crippen LogP contribution in [0.2, 0.25) is 5.02 Å². The highest BCUT2D eigenvalue weighted by Crippen LogP contribution is 2.20. The maximum atomic E-state index is 12.9. The Labute approximate surface area is 204 Å². The fourth-order valence-electron chi connectivity index (χ4n) is 2.92. The molecule has 0 atom stereocenters. The highest BCUT2D eigenvalue weighted by atomic mass is 35.5. The van der Waals surface area contributed by atoms with Gasteiger partial charge in [-0.25, -0.2) is 13.2 Å². The summed E-state index contributed by atoms with van der Waals surface area (Å²) in [6.45, 7) is 2.62. The number of carbonyl (C=O) groups excluding carboxylic acids is 1. The average molecular weight is 542 g/mol. The van der Waals surface area contributed by atoms with Crippen molar-refractivity contribution in [1.29, 1.82) is 0 Å². The van der Waals surface area contributed by atoms with Crippen LogP contribution in [0, 0.1) is 0 Å². The molecule has 1 aromatic heterocycles. The second-order valence-electron chi connectivity index (χ2n) is 7.06. The fraction of sp³-hybridized carbons (Fsp3) is 0.400. The summed E-state index contributed by atoms with van der Waals surface area (Å²) in [6, 6.07) is 10.9.